The summed E-state index contributed by atoms with van der Waals surface area (Å²) in [6.45, 7) is 5.50. The topological polar surface area (TPSA) is 49.4 Å². The van der Waals surface area contributed by atoms with E-state index in [1.165, 1.54) is 25.9 Å². The van der Waals surface area contributed by atoms with Gasteiger partial charge >= 0.3 is 0 Å². The molecule has 2 aliphatic rings. The van der Waals surface area contributed by atoms with Crippen molar-refractivity contribution in [1.82, 2.24) is 10.2 Å². The Hall–Kier alpha value is -0.130. The molecule has 0 aromatic carbocycles. The Morgan fingerprint density at radius 3 is 2.50 bits per heavy atom. The van der Waals surface area contributed by atoms with Gasteiger partial charge < -0.3 is 10.2 Å². The summed E-state index contributed by atoms with van der Waals surface area (Å²) in [5, 5.41) is 3.56. The zero-order valence-electron chi connectivity index (χ0n) is 11.6. The molecule has 106 valence electrons. The molecule has 0 aromatic rings. The third-order valence-electron chi connectivity index (χ3n) is 4.53. The van der Waals surface area contributed by atoms with E-state index in [-0.39, 0.29) is 0 Å². The minimum Gasteiger partial charge on any atom is -0.314 e. The van der Waals surface area contributed by atoms with Crippen LogP contribution < -0.4 is 5.32 Å². The van der Waals surface area contributed by atoms with E-state index in [4.69, 9.17) is 0 Å². The smallest absolute Gasteiger partial charge is 0.150 e. The lowest BCUT2D eigenvalue weighted by atomic mass is 9.90. The van der Waals surface area contributed by atoms with Crippen molar-refractivity contribution in [2.75, 3.05) is 38.2 Å². The summed E-state index contributed by atoms with van der Waals surface area (Å²) >= 11 is 0. The molecule has 0 spiro atoms. The molecule has 5 heteroatoms. The number of hydrogen-bond donors (Lipinski definition) is 1. The van der Waals surface area contributed by atoms with Crippen molar-refractivity contribution in [3.05, 3.63) is 0 Å². The van der Waals surface area contributed by atoms with E-state index in [1.54, 1.807) is 0 Å². The molecule has 0 aromatic heterocycles. The monoisotopic (exact) mass is 274 g/mol. The molecule has 1 N–H and O–H groups in total. The third-order valence-corrected chi connectivity index (χ3v) is 6.36. The molecule has 2 atom stereocenters. The van der Waals surface area contributed by atoms with Crippen LogP contribution in [0.2, 0.25) is 0 Å². The molecule has 2 saturated heterocycles. The van der Waals surface area contributed by atoms with Gasteiger partial charge in [0, 0.05) is 6.04 Å². The molecule has 18 heavy (non-hydrogen) atoms. The predicted molar refractivity (Wildman–Crippen MR) is 74.4 cm³/mol. The fraction of sp³-hybridized carbons (Fsp3) is 1.00. The summed E-state index contributed by atoms with van der Waals surface area (Å²) in [7, 11) is -0.544. The first kappa shape index (κ1) is 14.3. The third kappa shape index (κ3) is 3.93. The lowest BCUT2D eigenvalue weighted by Gasteiger charge is -2.33. The summed E-state index contributed by atoms with van der Waals surface area (Å²) in [6, 6.07) is 0.516. The van der Waals surface area contributed by atoms with Crippen LogP contribution in [0, 0.1) is 11.8 Å². The summed E-state index contributed by atoms with van der Waals surface area (Å²) < 4.78 is 22.8. The van der Waals surface area contributed by atoms with Crippen LogP contribution in [0.25, 0.3) is 0 Å². The zero-order chi connectivity index (χ0) is 13.2. The Labute approximate surface area is 111 Å². The molecular weight excluding hydrogens is 248 g/mol. The van der Waals surface area contributed by atoms with Gasteiger partial charge in [-0.1, -0.05) is 0 Å². The van der Waals surface area contributed by atoms with Gasteiger partial charge in [-0.05, 0) is 64.7 Å². The van der Waals surface area contributed by atoms with Gasteiger partial charge in [-0.25, -0.2) is 8.42 Å². The number of sulfone groups is 1. The molecule has 0 bridgehead atoms. The van der Waals surface area contributed by atoms with Crippen LogP contribution >= 0.6 is 0 Å². The maximum atomic E-state index is 11.4. The van der Waals surface area contributed by atoms with Crippen molar-refractivity contribution in [2.45, 2.75) is 32.2 Å². The van der Waals surface area contributed by atoms with E-state index in [9.17, 15) is 8.42 Å². The van der Waals surface area contributed by atoms with Gasteiger partial charge in [0.25, 0.3) is 0 Å². The van der Waals surface area contributed by atoms with E-state index in [1.807, 2.05) is 0 Å². The fourth-order valence-corrected chi connectivity index (χ4v) is 4.94. The van der Waals surface area contributed by atoms with Crippen LogP contribution in [-0.4, -0.2) is 57.5 Å². The van der Waals surface area contributed by atoms with Crippen molar-refractivity contribution in [3.63, 3.8) is 0 Å². The van der Waals surface area contributed by atoms with E-state index >= 15 is 0 Å². The lowest BCUT2D eigenvalue weighted by molar-refractivity contribution is 0.188. The highest BCUT2D eigenvalue weighted by Gasteiger charge is 2.29. The normalized spacial score (nSPS) is 31.6. The Morgan fingerprint density at radius 1 is 1.28 bits per heavy atom. The SMILES string of the molecule is CC(NCC1CCS(=O)(=O)C1)C1CCN(C)CC1. The predicted octanol–water partition coefficient (Wildman–Crippen LogP) is 0.741. The van der Waals surface area contributed by atoms with E-state index < -0.39 is 9.84 Å². The number of piperidine rings is 1. The average Bonchev–Trinajstić information content (AvgIpc) is 2.67. The van der Waals surface area contributed by atoms with Gasteiger partial charge in [-0.15, -0.1) is 0 Å². The maximum absolute atomic E-state index is 11.4. The quantitative estimate of drug-likeness (QED) is 0.821. The van der Waals surface area contributed by atoms with Crippen LogP contribution in [0.15, 0.2) is 0 Å². The van der Waals surface area contributed by atoms with Gasteiger partial charge in [0.1, 0.15) is 0 Å². The van der Waals surface area contributed by atoms with E-state index in [0.29, 0.717) is 23.5 Å². The highest BCUT2D eigenvalue weighted by molar-refractivity contribution is 7.91. The van der Waals surface area contributed by atoms with Crippen LogP contribution in [0.5, 0.6) is 0 Å². The number of rotatable bonds is 4. The minimum absolute atomic E-state index is 0.337. The summed E-state index contributed by atoms with van der Waals surface area (Å²) in [5.74, 6) is 1.87. The van der Waals surface area contributed by atoms with Gasteiger partial charge in [-0.3, -0.25) is 0 Å². The molecule has 2 heterocycles. The molecule has 2 unspecified atom stereocenters. The van der Waals surface area contributed by atoms with Crippen molar-refractivity contribution in [2.24, 2.45) is 11.8 Å². The highest BCUT2D eigenvalue weighted by Crippen LogP contribution is 2.21. The second kappa shape index (κ2) is 5.88. The molecule has 0 aliphatic carbocycles. The average molecular weight is 274 g/mol. The molecule has 0 saturated carbocycles. The lowest BCUT2D eigenvalue weighted by Crippen LogP contribution is -2.42. The number of nitrogens with zero attached hydrogens (tertiary/aromatic N) is 1. The number of likely N-dealkylation sites (tertiary alicyclic amines) is 1. The second-order valence-electron chi connectivity index (χ2n) is 6.11. The van der Waals surface area contributed by atoms with Crippen LogP contribution in [0.3, 0.4) is 0 Å². The Balaban J connectivity index is 1.70. The van der Waals surface area contributed by atoms with Crippen LogP contribution in [-0.2, 0) is 9.84 Å². The molecule has 2 aliphatic heterocycles. The first-order valence-electron chi connectivity index (χ1n) is 7.08. The fourth-order valence-electron chi connectivity index (χ4n) is 3.08. The maximum Gasteiger partial charge on any atom is 0.150 e. The van der Waals surface area contributed by atoms with Gasteiger partial charge in [0.05, 0.1) is 11.5 Å². The number of nitrogens with one attached hydrogen (secondary N) is 1. The Morgan fingerprint density at radius 2 is 1.94 bits per heavy atom. The van der Waals surface area contributed by atoms with Crippen molar-refractivity contribution in [1.29, 1.82) is 0 Å². The summed E-state index contributed by atoms with van der Waals surface area (Å²) in [5.41, 5.74) is 0. The van der Waals surface area contributed by atoms with Crippen molar-refractivity contribution >= 4 is 9.84 Å². The first-order chi connectivity index (χ1) is 8.46. The number of hydrogen-bond acceptors (Lipinski definition) is 4. The molecular formula is C13H26N2O2S. The minimum atomic E-state index is -2.72. The molecule has 0 amide bonds. The van der Waals surface area contributed by atoms with Crippen LogP contribution in [0.4, 0.5) is 0 Å². The molecule has 2 fully saturated rings. The second-order valence-corrected chi connectivity index (χ2v) is 8.34. The van der Waals surface area contributed by atoms with Gasteiger partial charge in [0.15, 0.2) is 9.84 Å². The molecule has 4 nitrogen and oxygen atoms in total. The Bertz CT molecular complexity index is 361. The molecule has 2 rings (SSSR count). The summed E-state index contributed by atoms with van der Waals surface area (Å²) in [4.78, 5) is 2.38. The molecule has 0 radical (unpaired) electrons. The van der Waals surface area contributed by atoms with Gasteiger partial charge in [-0.2, -0.15) is 0 Å². The van der Waals surface area contributed by atoms with E-state index in [0.717, 1.165) is 18.9 Å². The standard InChI is InChI=1S/C13H26N2O2S/c1-11(13-3-6-15(2)7-4-13)14-9-12-5-8-18(16,17)10-12/h11-14H,3-10H2,1-2H3. The van der Waals surface area contributed by atoms with Crippen LogP contribution in [0.1, 0.15) is 26.2 Å². The Kier molecular flexibility index (Phi) is 4.67. The van der Waals surface area contributed by atoms with Crippen molar-refractivity contribution in [3.8, 4) is 0 Å². The largest absolute Gasteiger partial charge is 0.314 e. The summed E-state index contributed by atoms with van der Waals surface area (Å²) in [6.07, 6.45) is 3.36. The first-order valence-corrected chi connectivity index (χ1v) is 8.91. The zero-order valence-corrected chi connectivity index (χ0v) is 12.4. The van der Waals surface area contributed by atoms with Crippen molar-refractivity contribution < 1.29 is 8.42 Å². The van der Waals surface area contributed by atoms with E-state index in [2.05, 4.69) is 24.2 Å². The highest BCUT2D eigenvalue weighted by atomic mass is 32.2. The van der Waals surface area contributed by atoms with Gasteiger partial charge in [0.2, 0.25) is 0 Å².